The van der Waals surface area contributed by atoms with Crippen molar-refractivity contribution in [1.82, 2.24) is 19.9 Å². The van der Waals surface area contributed by atoms with Crippen LogP contribution in [0.5, 0.6) is 0 Å². The Morgan fingerprint density at radius 2 is 1.22 bits per heavy atom. The van der Waals surface area contributed by atoms with Gasteiger partial charge in [-0.1, -0.05) is 0 Å². The van der Waals surface area contributed by atoms with Crippen LogP contribution >= 0.6 is 0 Å². The largest absolute Gasteiger partial charge is 0.461 e. The summed E-state index contributed by atoms with van der Waals surface area (Å²) in [6.45, 7) is 3.77. The number of ether oxygens (including phenoxy) is 2. The first-order valence-electron chi connectivity index (χ1n) is 6.98. The predicted molar refractivity (Wildman–Crippen MR) is 78.7 cm³/mol. The van der Waals surface area contributed by atoms with Gasteiger partial charge in [0.25, 0.3) is 0 Å². The molecule has 0 unspecified atom stereocenters. The van der Waals surface area contributed by atoms with Crippen molar-refractivity contribution in [3.8, 4) is 0 Å². The van der Waals surface area contributed by atoms with Gasteiger partial charge in [-0.3, -0.25) is 9.97 Å². The molecule has 0 N–H and O–H groups in total. The van der Waals surface area contributed by atoms with Crippen LogP contribution in [0.1, 0.15) is 38.8 Å². The molecule has 0 saturated carbocycles. The maximum Gasteiger partial charge on any atom is 0.358 e. The minimum atomic E-state index is -0.562. The molecule has 2 aromatic heterocycles. The number of nitrogens with zero attached hydrogens (tertiary/aromatic N) is 4. The van der Waals surface area contributed by atoms with Crippen LogP contribution in [0.25, 0.3) is 0 Å². The summed E-state index contributed by atoms with van der Waals surface area (Å²) in [5.41, 5.74) is 1.71. The van der Waals surface area contributed by atoms with Gasteiger partial charge in [0.2, 0.25) is 0 Å². The van der Waals surface area contributed by atoms with Crippen molar-refractivity contribution >= 4 is 11.9 Å². The van der Waals surface area contributed by atoms with Gasteiger partial charge in [0.15, 0.2) is 11.4 Å². The van der Waals surface area contributed by atoms with Gasteiger partial charge in [-0.15, -0.1) is 0 Å². The van der Waals surface area contributed by atoms with Gasteiger partial charge >= 0.3 is 11.9 Å². The molecule has 23 heavy (non-hydrogen) atoms. The Bertz CT molecular complexity index is 611. The average Bonchev–Trinajstić information content (AvgIpc) is 2.55. The van der Waals surface area contributed by atoms with E-state index >= 15 is 0 Å². The molecule has 0 aliphatic rings. The number of aromatic nitrogens is 4. The molecule has 0 amide bonds. The number of esters is 2. The molecule has 8 nitrogen and oxygen atoms in total. The zero-order chi connectivity index (χ0) is 16.7. The molecule has 0 fully saturated rings. The van der Waals surface area contributed by atoms with Crippen molar-refractivity contribution in [2.75, 3.05) is 13.2 Å². The van der Waals surface area contributed by atoms with E-state index in [9.17, 15) is 9.59 Å². The molecule has 120 valence electrons. The van der Waals surface area contributed by atoms with Gasteiger partial charge in [0.05, 0.1) is 37.0 Å². The minimum absolute atomic E-state index is 0.112. The molecular weight excluding hydrogens is 300 g/mol. The molecule has 0 spiro atoms. The third-order valence-electron chi connectivity index (χ3n) is 2.74. The van der Waals surface area contributed by atoms with Gasteiger partial charge < -0.3 is 9.47 Å². The van der Waals surface area contributed by atoms with E-state index in [1.54, 1.807) is 13.8 Å². The molecule has 0 aliphatic heterocycles. The standard InChI is InChI=1S/C15H16N4O4/c1-10-6-18-12(8-16-10)14(20)22-4-3-5-23-15(21)13-9-17-11(2)7-19-13/h6-9H,3-5H2,1-2H3. The Balaban J connectivity index is 1.67. The van der Waals surface area contributed by atoms with E-state index in [-0.39, 0.29) is 24.6 Å². The number of rotatable bonds is 6. The van der Waals surface area contributed by atoms with Crippen LogP contribution in [0.4, 0.5) is 0 Å². The summed E-state index contributed by atoms with van der Waals surface area (Å²) < 4.78 is 10.0. The number of aryl methyl sites for hydroxylation is 2. The Morgan fingerprint density at radius 1 is 0.783 bits per heavy atom. The topological polar surface area (TPSA) is 104 Å². The van der Waals surface area contributed by atoms with E-state index in [2.05, 4.69) is 19.9 Å². The lowest BCUT2D eigenvalue weighted by Gasteiger charge is -2.05. The second-order valence-electron chi connectivity index (χ2n) is 4.71. The van der Waals surface area contributed by atoms with Crippen LogP contribution in [-0.2, 0) is 9.47 Å². The highest BCUT2D eigenvalue weighted by atomic mass is 16.5. The van der Waals surface area contributed by atoms with Gasteiger partial charge in [0, 0.05) is 18.8 Å². The summed E-state index contributed by atoms with van der Waals surface area (Å²) in [5, 5.41) is 0. The molecule has 0 atom stereocenters. The Morgan fingerprint density at radius 3 is 1.57 bits per heavy atom. The molecule has 2 rings (SSSR count). The summed E-state index contributed by atoms with van der Waals surface area (Å²) in [7, 11) is 0. The number of carbonyl (C=O) groups excluding carboxylic acids is 2. The van der Waals surface area contributed by atoms with E-state index in [4.69, 9.17) is 9.47 Å². The molecule has 0 aliphatic carbocycles. The van der Waals surface area contributed by atoms with Gasteiger partial charge in [-0.05, 0) is 13.8 Å². The number of carbonyl (C=O) groups is 2. The quantitative estimate of drug-likeness (QED) is 0.580. The van der Waals surface area contributed by atoms with Gasteiger partial charge in [-0.25, -0.2) is 19.6 Å². The summed E-state index contributed by atoms with van der Waals surface area (Å²) in [4.78, 5) is 39.1. The van der Waals surface area contributed by atoms with Crippen molar-refractivity contribution in [3.63, 3.8) is 0 Å². The van der Waals surface area contributed by atoms with Crippen LogP contribution in [0.2, 0.25) is 0 Å². The van der Waals surface area contributed by atoms with E-state index < -0.39 is 11.9 Å². The lowest BCUT2D eigenvalue weighted by molar-refractivity contribution is 0.0388. The molecule has 2 aromatic rings. The third kappa shape index (κ3) is 5.10. The SMILES string of the molecule is Cc1cnc(C(=O)OCCCOC(=O)c2cnc(C)cn2)cn1. The van der Waals surface area contributed by atoms with Crippen molar-refractivity contribution in [3.05, 3.63) is 47.6 Å². The summed E-state index contributed by atoms with van der Waals surface area (Å²) in [5.74, 6) is -1.12. The molecule has 8 heteroatoms. The van der Waals surface area contributed by atoms with Crippen molar-refractivity contribution in [2.45, 2.75) is 20.3 Å². The maximum absolute atomic E-state index is 11.7. The zero-order valence-corrected chi connectivity index (χ0v) is 12.9. The fourth-order valence-electron chi connectivity index (χ4n) is 1.53. The highest BCUT2D eigenvalue weighted by Crippen LogP contribution is 2.00. The first kappa shape index (κ1) is 16.5. The summed E-state index contributed by atoms with van der Waals surface area (Å²) >= 11 is 0. The second kappa shape index (κ2) is 7.92. The molecule has 2 heterocycles. The Labute approximate surface area is 132 Å². The van der Waals surface area contributed by atoms with Crippen LogP contribution in [0.15, 0.2) is 24.8 Å². The molecular formula is C15H16N4O4. The molecule has 0 saturated heterocycles. The van der Waals surface area contributed by atoms with E-state index in [1.807, 2.05) is 0 Å². The monoisotopic (exact) mass is 316 g/mol. The lowest BCUT2D eigenvalue weighted by Crippen LogP contribution is -2.13. The third-order valence-corrected chi connectivity index (χ3v) is 2.74. The zero-order valence-electron chi connectivity index (χ0n) is 12.9. The first-order valence-corrected chi connectivity index (χ1v) is 6.98. The first-order chi connectivity index (χ1) is 11.1. The van der Waals surface area contributed by atoms with Crippen LogP contribution in [-0.4, -0.2) is 45.1 Å². The van der Waals surface area contributed by atoms with Crippen LogP contribution < -0.4 is 0 Å². The van der Waals surface area contributed by atoms with E-state index in [0.717, 1.165) is 0 Å². The number of hydrogen-bond acceptors (Lipinski definition) is 8. The molecule has 0 aromatic carbocycles. The average molecular weight is 316 g/mol. The Hall–Kier alpha value is -2.90. The van der Waals surface area contributed by atoms with Crippen molar-refractivity contribution in [1.29, 1.82) is 0 Å². The van der Waals surface area contributed by atoms with Gasteiger partial charge in [-0.2, -0.15) is 0 Å². The summed E-state index contributed by atoms with van der Waals surface area (Å²) in [6.07, 6.45) is 6.06. The van der Waals surface area contributed by atoms with Gasteiger partial charge in [0.1, 0.15) is 0 Å². The molecule has 0 bridgehead atoms. The smallest absolute Gasteiger partial charge is 0.358 e. The summed E-state index contributed by atoms with van der Waals surface area (Å²) in [6, 6.07) is 0. The lowest BCUT2D eigenvalue weighted by atomic mass is 10.4. The second-order valence-corrected chi connectivity index (χ2v) is 4.71. The van der Waals surface area contributed by atoms with Crippen molar-refractivity contribution < 1.29 is 19.1 Å². The van der Waals surface area contributed by atoms with Crippen molar-refractivity contribution in [2.24, 2.45) is 0 Å². The van der Waals surface area contributed by atoms with E-state index in [0.29, 0.717) is 17.8 Å². The fourth-order valence-corrected chi connectivity index (χ4v) is 1.53. The van der Waals surface area contributed by atoms with Crippen LogP contribution in [0.3, 0.4) is 0 Å². The predicted octanol–water partition coefficient (Wildman–Crippen LogP) is 1.29. The highest BCUT2D eigenvalue weighted by Gasteiger charge is 2.11. The van der Waals surface area contributed by atoms with E-state index in [1.165, 1.54) is 24.8 Å². The van der Waals surface area contributed by atoms with Crippen LogP contribution in [0, 0.1) is 13.8 Å². The highest BCUT2D eigenvalue weighted by molar-refractivity contribution is 5.87. The normalized spacial score (nSPS) is 10.2. The minimum Gasteiger partial charge on any atom is -0.461 e. The number of hydrogen-bond donors (Lipinski definition) is 0. The fraction of sp³-hybridized carbons (Fsp3) is 0.333. The molecule has 0 radical (unpaired) electrons. The maximum atomic E-state index is 11.7. The Kier molecular flexibility index (Phi) is 5.67.